The van der Waals surface area contributed by atoms with Gasteiger partial charge in [-0.05, 0) is 19.0 Å². The number of nitrogens with two attached hydrogens (primary N) is 1. The lowest BCUT2D eigenvalue weighted by atomic mass is 10.2. The standard InChI is InChI=1S/C12H17N3O4/c1-3-14-9(12(13)16)7-19-11-8(2)5-4-6-10(11)15(17)18/h4-6,9,14H,3,7H2,1-2H3,(H2,13,16). The van der Waals surface area contributed by atoms with E-state index in [2.05, 4.69) is 5.32 Å². The molecule has 0 saturated heterocycles. The quantitative estimate of drug-likeness (QED) is 0.559. The molecule has 3 N–H and O–H groups in total. The van der Waals surface area contributed by atoms with E-state index in [4.69, 9.17) is 10.5 Å². The van der Waals surface area contributed by atoms with Gasteiger partial charge in [0, 0.05) is 6.07 Å². The Morgan fingerprint density at radius 3 is 2.79 bits per heavy atom. The number of nitrogens with one attached hydrogen (secondary N) is 1. The van der Waals surface area contributed by atoms with Gasteiger partial charge in [-0.2, -0.15) is 0 Å². The lowest BCUT2D eigenvalue weighted by molar-refractivity contribution is -0.385. The number of ether oxygens (including phenoxy) is 1. The van der Waals surface area contributed by atoms with E-state index in [-0.39, 0.29) is 18.0 Å². The van der Waals surface area contributed by atoms with E-state index in [0.717, 1.165) is 0 Å². The molecule has 0 saturated carbocycles. The van der Waals surface area contributed by atoms with Gasteiger partial charge in [0.1, 0.15) is 12.6 Å². The fourth-order valence-corrected chi connectivity index (χ4v) is 1.62. The highest BCUT2D eigenvalue weighted by atomic mass is 16.6. The SMILES string of the molecule is CCNC(COc1c(C)cccc1[N+](=O)[O-])C(N)=O. The molecule has 0 radical (unpaired) electrons. The predicted octanol–water partition coefficient (Wildman–Crippen LogP) is 0.745. The molecule has 0 heterocycles. The minimum absolute atomic E-state index is 0.0468. The number of rotatable bonds is 7. The molecule has 7 nitrogen and oxygen atoms in total. The molecule has 1 unspecified atom stereocenters. The molecular formula is C12H17N3O4. The van der Waals surface area contributed by atoms with Crippen LogP contribution < -0.4 is 15.8 Å². The maximum absolute atomic E-state index is 11.2. The first-order valence-electron chi connectivity index (χ1n) is 5.86. The molecular weight excluding hydrogens is 250 g/mol. The van der Waals surface area contributed by atoms with Crippen molar-refractivity contribution in [2.75, 3.05) is 13.2 Å². The molecule has 0 aliphatic carbocycles. The largest absolute Gasteiger partial charge is 0.484 e. The van der Waals surface area contributed by atoms with Gasteiger partial charge < -0.3 is 15.8 Å². The Morgan fingerprint density at radius 1 is 1.58 bits per heavy atom. The molecule has 1 atom stereocenters. The Hall–Kier alpha value is -2.15. The van der Waals surface area contributed by atoms with Crippen molar-refractivity contribution in [2.45, 2.75) is 19.9 Å². The second-order valence-corrected chi connectivity index (χ2v) is 4.00. The number of benzene rings is 1. The molecule has 104 valence electrons. The van der Waals surface area contributed by atoms with Gasteiger partial charge in [0.05, 0.1) is 4.92 Å². The van der Waals surface area contributed by atoms with E-state index in [1.165, 1.54) is 6.07 Å². The lowest BCUT2D eigenvalue weighted by Gasteiger charge is -2.16. The van der Waals surface area contributed by atoms with Crippen LogP contribution in [0.3, 0.4) is 0 Å². The third kappa shape index (κ3) is 3.92. The Balaban J connectivity index is 2.87. The van der Waals surface area contributed by atoms with Crippen molar-refractivity contribution in [3.05, 3.63) is 33.9 Å². The van der Waals surface area contributed by atoms with E-state index < -0.39 is 16.9 Å². The molecule has 0 aliphatic rings. The van der Waals surface area contributed by atoms with Crippen molar-refractivity contribution in [3.63, 3.8) is 0 Å². The first-order valence-corrected chi connectivity index (χ1v) is 5.86. The zero-order valence-corrected chi connectivity index (χ0v) is 10.9. The average molecular weight is 267 g/mol. The number of likely N-dealkylation sites (N-methyl/N-ethyl adjacent to an activating group) is 1. The molecule has 1 aromatic rings. The summed E-state index contributed by atoms with van der Waals surface area (Å²) < 4.78 is 5.40. The van der Waals surface area contributed by atoms with Crippen molar-refractivity contribution in [2.24, 2.45) is 5.73 Å². The number of aryl methyl sites for hydroxylation is 1. The van der Waals surface area contributed by atoms with E-state index in [0.29, 0.717) is 12.1 Å². The van der Waals surface area contributed by atoms with Gasteiger partial charge in [0.25, 0.3) is 0 Å². The van der Waals surface area contributed by atoms with E-state index >= 15 is 0 Å². The summed E-state index contributed by atoms with van der Waals surface area (Å²) in [7, 11) is 0. The van der Waals surface area contributed by atoms with Crippen molar-refractivity contribution < 1.29 is 14.5 Å². The van der Waals surface area contributed by atoms with E-state index in [1.54, 1.807) is 19.1 Å². The van der Waals surface area contributed by atoms with Crippen LogP contribution in [0, 0.1) is 17.0 Å². The summed E-state index contributed by atoms with van der Waals surface area (Å²) in [5.74, 6) is -0.394. The van der Waals surface area contributed by atoms with Gasteiger partial charge >= 0.3 is 5.69 Å². The number of nitro benzene ring substituents is 1. The number of amides is 1. The second-order valence-electron chi connectivity index (χ2n) is 4.00. The third-order valence-electron chi connectivity index (χ3n) is 2.58. The second kappa shape index (κ2) is 6.69. The number of para-hydroxylation sites is 1. The third-order valence-corrected chi connectivity index (χ3v) is 2.58. The molecule has 19 heavy (non-hydrogen) atoms. The number of hydrogen-bond donors (Lipinski definition) is 2. The molecule has 1 rings (SSSR count). The number of carbonyl (C=O) groups excluding carboxylic acids is 1. The highest BCUT2D eigenvalue weighted by Gasteiger charge is 2.20. The van der Waals surface area contributed by atoms with Crippen LogP contribution in [0.4, 0.5) is 5.69 Å². The molecule has 0 bridgehead atoms. The van der Waals surface area contributed by atoms with Crippen LogP contribution >= 0.6 is 0 Å². The number of carbonyl (C=O) groups is 1. The summed E-state index contributed by atoms with van der Waals surface area (Å²) in [6, 6.07) is 3.96. The minimum atomic E-state index is -0.677. The number of hydrogen-bond acceptors (Lipinski definition) is 5. The van der Waals surface area contributed by atoms with Crippen LogP contribution in [0.2, 0.25) is 0 Å². The maximum atomic E-state index is 11.2. The summed E-state index contributed by atoms with van der Waals surface area (Å²) in [5, 5.41) is 13.7. The first-order chi connectivity index (χ1) is 8.97. The summed E-state index contributed by atoms with van der Waals surface area (Å²) in [4.78, 5) is 21.5. The molecule has 0 aromatic heterocycles. The molecule has 0 fully saturated rings. The molecule has 1 amide bonds. The minimum Gasteiger partial charge on any atom is -0.484 e. The van der Waals surface area contributed by atoms with Gasteiger partial charge in [-0.1, -0.05) is 19.1 Å². The van der Waals surface area contributed by atoms with Crippen LogP contribution in [0.15, 0.2) is 18.2 Å². The van der Waals surface area contributed by atoms with Crippen LogP contribution in [-0.4, -0.2) is 30.0 Å². The number of primary amides is 1. The highest BCUT2D eigenvalue weighted by Crippen LogP contribution is 2.30. The van der Waals surface area contributed by atoms with Crippen molar-refractivity contribution in [3.8, 4) is 5.75 Å². The van der Waals surface area contributed by atoms with Gasteiger partial charge in [-0.3, -0.25) is 14.9 Å². The molecule has 1 aromatic carbocycles. The van der Waals surface area contributed by atoms with E-state index in [9.17, 15) is 14.9 Å². The Kier molecular flexibility index (Phi) is 5.25. The monoisotopic (exact) mass is 267 g/mol. The Labute approximate surface area is 110 Å². The topological polar surface area (TPSA) is 107 Å². The molecule has 0 aliphatic heterocycles. The van der Waals surface area contributed by atoms with Crippen LogP contribution in [-0.2, 0) is 4.79 Å². The normalized spacial score (nSPS) is 11.9. The maximum Gasteiger partial charge on any atom is 0.311 e. The highest BCUT2D eigenvalue weighted by molar-refractivity contribution is 5.80. The van der Waals surface area contributed by atoms with Gasteiger partial charge in [0.2, 0.25) is 5.91 Å². The Bertz CT molecular complexity index is 476. The summed E-state index contributed by atoms with van der Waals surface area (Å²) in [6.07, 6.45) is 0. The molecule has 0 spiro atoms. The first kappa shape index (κ1) is 14.9. The predicted molar refractivity (Wildman–Crippen MR) is 70.0 cm³/mol. The zero-order valence-electron chi connectivity index (χ0n) is 10.9. The fourth-order valence-electron chi connectivity index (χ4n) is 1.62. The van der Waals surface area contributed by atoms with Crippen molar-refractivity contribution >= 4 is 11.6 Å². The van der Waals surface area contributed by atoms with Gasteiger partial charge in [0.15, 0.2) is 5.75 Å². The summed E-state index contributed by atoms with van der Waals surface area (Å²) in [5.41, 5.74) is 5.72. The van der Waals surface area contributed by atoms with Crippen LogP contribution in [0.5, 0.6) is 5.75 Å². The summed E-state index contributed by atoms with van der Waals surface area (Å²) in [6.45, 7) is 4.03. The number of nitrogens with zero attached hydrogens (tertiary/aromatic N) is 1. The van der Waals surface area contributed by atoms with Crippen molar-refractivity contribution in [1.29, 1.82) is 0 Å². The van der Waals surface area contributed by atoms with Crippen molar-refractivity contribution in [1.82, 2.24) is 5.32 Å². The molecule has 7 heteroatoms. The van der Waals surface area contributed by atoms with Crippen LogP contribution in [0.1, 0.15) is 12.5 Å². The fraction of sp³-hybridized carbons (Fsp3) is 0.417. The van der Waals surface area contributed by atoms with E-state index in [1.807, 2.05) is 6.92 Å². The lowest BCUT2D eigenvalue weighted by Crippen LogP contribution is -2.45. The summed E-state index contributed by atoms with van der Waals surface area (Å²) >= 11 is 0. The Morgan fingerprint density at radius 2 is 2.26 bits per heavy atom. The van der Waals surface area contributed by atoms with Crippen LogP contribution in [0.25, 0.3) is 0 Å². The smallest absolute Gasteiger partial charge is 0.311 e. The van der Waals surface area contributed by atoms with Gasteiger partial charge in [-0.25, -0.2) is 0 Å². The zero-order chi connectivity index (χ0) is 14.4. The number of nitro groups is 1. The average Bonchev–Trinajstić information content (AvgIpc) is 2.34. The van der Waals surface area contributed by atoms with Gasteiger partial charge in [-0.15, -0.1) is 0 Å².